The zero-order chi connectivity index (χ0) is 17.1. The number of nitrogens with one attached hydrogen (secondary N) is 1. The van der Waals surface area contributed by atoms with Crippen molar-refractivity contribution in [2.45, 2.75) is 19.5 Å². The van der Waals surface area contributed by atoms with Crippen molar-refractivity contribution in [1.82, 2.24) is 19.9 Å². The first kappa shape index (κ1) is 16.9. The van der Waals surface area contributed by atoms with Gasteiger partial charge in [0, 0.05) is 62.4 Å². The predicted molar refractivity (Wildman–Crippen MR) is 102 cm³/mol. The average molecular weight is 388 g/mol. The van der Waals surface area contributed by atoms with Crippen LogP contribution in [0.25, 0.3) is 11.0 Å². The fourth-order valence-electron chi connectivity index (χ4n) is 2.90. The van der Waals surface area contributed by atoms with Gasteiger partial charge in [0.25, 0.3) is 0 Å². The smallest absolute Gasteiger partial charge is 0.141 e. The van der Waals surface area contributed by atoms with Crippen molar-refractivity contribution >= 4 is 32.7 Å². The minimum absolute atomic E-state index is 0.480. The van der Waals surface area contributed by atoms with E-state index in [9.17, 15) is 0 Å². The fourth-order valence-corrected chi connectivity index (χ4v) is 3.20. The van der Waals surface area contributed by atoms with Crippen LogP contribution in [-0.2, 0) is 6.54 Å². The Labute approximate surface area is 150 Å². The number of hydrogen-bond acceptors (Lipinski definition) is 4. The highest BCUT2D eigenvalue weighted by Gasteiger charge is 2.18. The summed E-state index contributed by atoms with van der Waals surface area (Å²) >= 11 is 3.42. The fraction of sp³-hybridized carbons (Fsp3) is 0.333. The van der Waals surface area contributed by atoms with E-state index < -0.39 is 0 Å². The van der Waals surface area contributed by atoms with Gasteiger partial charge in [0.15, 0.2) is 0 Å². The number of aromatic nitrogens is 3. The van der Waals surface area contributed by atoms with Crippen LogP contribution >= 0.6 is 15.9 Å². The zero-order valence-corrected chi connectivity index (χ0v) is 15.8. The number of nitrogens with zero attached hydrogens (tertiary/aromatic N) is 4. The molecule has 0 saturated heterocycles. The first-order valence-electron chi connectivity index (χ1n) is 8.00. The molecule has 0 saturated carbocycles. The van der Waals surface area contributed by atoms with Crippen molar-refractivity contribution in [3.63, 3.8) is 0 Å². The van der Waals surface area contributed by atoms with E-state index in [1.165, 1.54) is 16.8 Å². The SMILES string of the molecule is CN(C)c1ccncc1.C[C@@H]1CNCc2cc3ccc(Br)nc3n21. The average Bonchev–Trinajstić information content (AvgIpc) is 2.95. The molecule has 0 fully saturated rings. The Hall–Kier alpha value is -1.92. The first-order chi connectivity index (χ1) is 11.6. The van der Waals surface area contributed by atoms with Crippen molar-refractivity contribution in [2.24, 2.45) is 0 Å². The minimum Gasteiger partial charge on any atom is -0.378 e. The molecule has 0 aromatic carbocycles. The van der Waals surface area contributed by atoms with Crippen LogP contribution in [0.2, 0.25) is 0 Å². The highest BCUT2D eigenvalue weighted by Crippen LogP contribution is 2.26. The lowest BCUT2D eigenvalue weighted by molar-refractivity contribution is 0.437. The van der Waals surface area contributed by atoms with E-state index in [1.54, 1.807) is 12.4 Å². The second kappa shape index (κ2) is 7.32. The van der Waals surface area contributed by atoms with Gasteiger partial charge in [0.2, 0.25) is 0 Å². The third kappa shape index (κ3) is 3.60. The minimum atomic E-state index is 0.480. The molecule has 0 unspecified atom stereocenters. The van der Waals surface area contributed by atoms with Crippen molar-refractivity contribution in [2.75, 3.05) is 25.5 Å². The van der Waals surface area contributed by atoms with E-state index in [4.69, 9.17) is 0 Å². The van der Waals surface area contributed by atoms with Crippen LogP contribution in [-0.4, -0.2) is 35.2 Å². The quantitative estimate of drug-likeness (QED) is 0.647. The van der Waals surface area contributed by atoms with E-state index in [-0.39, 0.29) is 0 Å². The largest absolute Gasteiger partial charge is 0.378 e. The summed E-state index contributed by atoms with van der Waals surface area (Å²) < 4.78 is 3.23. The zero-order valence-electron chi connectivity index (χ0n) is 14.2. The second-order valence-electron chi connectivity index (χ2n) is 6.13. The lowest BCUT2D eigenvalue weighted by Gasteiger charge is -2.24. The summed E-state index contributed by atoms with van der Waals surface area (Å²) in [5.41, 5.74) is 3.60. The molecule has 3 aromatic heterocycles. The molecule has 0 aliphatic carbocycles. The molecule has 5 nitrogen and oxygen atoms in total. The van der Waals surface area contributed by atoms with Crippen LogP contribution in [0.3, 0.4) is 0 Å². The van der Waals surface area contributed by atoms with Crippen LogP contribution in [0.1, 0.15) is 18.7 Å². The summed E-state index contributed by atoms with van der Waals surface area (Å²) in [5, 5.41) is 4.63. The van der Waals surface area contributed by atoms with E-state index in [1.807, 2.05) is 37.2 Å². The molecule has 0 spiro atoms. The van der Waals surface area contributed by atoms with E-state index >= 15 is 0 Å². The van der Waals surface area contributed by atoms with Gasteiger partial charge in [-0.2, -0.15) is 0 Å². The molecule has 24 heavy (non-hydrogen) atoms. The van der Waals surface area contributed by atoms with Gasteiger partial charge in [-0.25, -0.2) is 4.98 Å². The molecule has 3 aromatic rings. The molecule has 6 heteroatoms. The normalized spacial score (nSPS) is 16.2. The molecule has 0 bridgehead atoms. The number of rotatable bonds is 1. The van der Waals surface area contributed by atoms with Crippen molar-refractivity contribution in [3.8, 4) is 0 Å². The van der Waals surface area contributed by atoms with E-state index in [2.05, 4.69) is 54.8 Å². The van der Waals surface area contributed by atoms with Crippen molar-refractivity contribution in [3.05, 3.63) is 53.0 Å². The van der Waals surface area contributed by atoms with E-state index in [0.717, 1.165) is 23.3 Å². The first-order valence-corrected chi connectivity index (χ1v) is 8.80. The van der Waals surface area contributed by atoms with Crippen LogP contribution in [0.15, 0.2) is 47.3 Å². The van der Waals surface area contributed by atoms with E-state index in [0.29, 0.717) is 6.04 Å². The molecule has 1 N–H and O–H groups in total. The summed E-state index contributed by atoms with van der Waals surface area (Å²) in [6, 6.07) is 10.8. The Morgan fingerprint density at radius 3 is 2.62 bits per heavy atom. The number of hydrogen-bond donors (Lipinski definition) is 1. The maximum atomic E-state index is 4.55. The van der Waals surface area contributed by atoms with Gasteiger partial charge in [0.1, 0.15) is 10.3 Å². The number of halogens is 1. The standard InChI is InChI=1S/C11H12BrN3.C7H10N2/c1-7-5-13-6-9-4-8-2-3-10(12)14-11(8)15(7)9;1-9(2)7-3-5-8-6-4-7/h2-4,7,13H,5-6H2,1H3;3-6H,1-2H3/t7-;/m1./s1. The molecule has 1 aliphatic heterocycles. The van der Waals surface area contributed by atoms with Gasteiger partial charge >= 0.3 is 0 Å². The number of anilines is 1. The monoisotopic (exact) mass is 387 g/mol. The van der Waals surface area contributed by atoms with Gasteiger partial charge in [-0.15, -0.1) is 0 Å². The number of pyridine rings is 2. The van der Waals surface area contributed by atoms with Gasteiger partial charge in [-0.3, -0.25) is 4.98 Å². The Morgan fingerprint density at radius 2 is 1.96 bits per heavy atom. The Kier molecular flexibility index (Phi) is 5.16. The molecule has 0 radical (unpaired) electrons. The summed E-state index contributed by atoms with van der Waals surface area (Å²) in [7, 11) is 4.02. The Bertz CT molecular complexity index is 813. The molecule has 126 valence electrons. The molecule has 1 atom stereocenters. The maximum Gasteiger partial charge on any atom is 0.141 e. The summed E-state index contributed by atoms with van der Waals surface area (Å²) in [4.78, 5) is 10.5. The summed E-state index contributed by atoms with van der Waals surface area (Å²) in [6.07, 6.45) is 3.57. The molecular formula is C18H22BrN5. The second-order valence-corrected chi connectivity index (χ2v) is 6.94. The van der Waals surface area contributed by atoms with Crippen LogP contribution < -0.4 is 10.2 Å². The summed E-state index contributed by atoms with van der Waals surface area (Å²) in [5.74, 6) is 0. The predicted octanol–water partition coefficient (Wildman–Crippen LogP) is 3.61. The van der Waals surface area contributed by atoms with Crippen LogP contribution in [0, 0.1) is 0 Å². The molecule has 4 rings (SSSR count). The maximum absolute atomic E-state index is 4.55. The molecule has 0 amide bonds. The number of fused-ring (bicyclic) bond motifs is 3. The van der Waals surface area contributed by atoms with Crippen LogP contribution in [0.4, 0.5) is 5.69 Å². The highest BCUT2D eigenvalue weighted by atomic mass is 79.9. The van der Waals surface area contributed by atoms with Crippen molar-refractivity contribution < 1.29 is 0 Å². The third-order valence-corrected chi connectivity index (χ3v) is 4.54. The molecule has 1 aliphatic rings. The molecular weight excluding hydrogens is 366 g/mol. The topological polar surface area (TPSA) is 46.0 Å². The van der Waals surface area contributed by atoms with Gasteiger partial charge < -0.3 is 14.8 Å². The van der Waals surface area contributed by atoms with Crippen LogP contribution in [0.5, 0.6) is 0 Å². The van der Waals surface area contributed by atoms with Gasteiger partial charge in [-0.05, 0) is 53.2 Å². The summed E-state index contributed by atoms with van der Waals surface area (Å²) in [6.45, 7) is 4.18. The van der Waals surface area contributed by atoms with Crippen molar-refractivity contribution in [1.29, 1.82) is 0 Å². The Balaban J connectivity index is 0.000000162. The highest BCUT2D eigenvalue weighted by molar-refractivity contribution is 9.10. The lowest BCUT2D eigenvalue weighted by atomic mass is 10.2. The third-order valence-electron chi connectivity index (χ3n) is 4.10. The van der Waals surface area contributed by atoms with Gasteiger partial charge in [-0.1, -0.05) is 0 Å². The molecule has 4 heterocycles. The lowest BCUT2D eigenvalue weighted by Crippen LogP contribution is -2.31. The Morgan fingerprint density at radius 1 is 1.21 bits per heavy atom. The van der Waals surface area contributed by atoms with Gasteiger partial charge in [0.05, 0.1) is 0 Å².